The lowest BCUT2D eigenvalue weighted by molar-refractivity contribution is -0.119. The van der Waals surface area contributed by atoms with E-state index in [0.29, 0.717) is 30.9 Å². The summed E-state index contributed by atoms with van der Waals surface area (Å²) in [4.78, 5) is 12.3. The Morgan fingerprint density at radius 3 is 2.61 bits per heavy atom. The first-order chi connectivity index (χ1) is 10.8. The zero-order chi connectivity index (χ0) is 17.0. The molecule has 1 saturated heterocycles. The molecule has 1 unspecified atom stereocenters. The molecule has 128 valence electrons. The summed E-state index contributed by atoms with van der Waals surface area (Å²) in [6.45, 7) is 3.04. The van der Waals surface area contributed by atoms with E-state index in [0.717, 1.165) is 12.8 Å². The number of carbonyl (C=O) groups excluding carboxylic acids is 1. The zero-order valence-corrected chi connectivity index (χ0v) is 13.9. The highest BCUT2D eigenvalue weighted by Gasteiger charge is 2.27. The van der Waals surface area contributed by atoms with Crippen molar-refractivity contribution < 1.29 is 17.9 Å². The van der Waals surface area contributed by atoms with Crippen molar-refractivity contribution in [3.63, 3.8) is 0 Å². The maximum atomic E-state index is 12.3. The molecule has 1 aliphatic rings. The number of rotatable bonds is 5. The molecule has 0 aromatic heterocycles. The number of nitrogens with two attached hydrogens (primary N) is 2. The number of primary sulfonamides is 1. The quantitative estimate of drug-likeness (QED) is 0.723. The fraction of sp³-hybridized carbons (Fsp3) is 0.533. The predicted octanol–water partition coefficient (Wildman–Crippen LogP) is 0.589. The lowest BCUT2D eigenvalue weighted by Gasteiger charge is -2.26. The van der Waals surface area contributed by atoms with Crippen LogP contribution in [0.15, 0.2) is 23.1 Å². The van der Waals surface area contributed by atoms with E-state index in [2.05, 4.69) is 5.32 Å². The van der Waals surface area contributed by atoms with Crippen molar-refractivity contribution in [1.29, 1.82) is 0 Å². The summed E-state index contributed by atoms with van der Waals surface area (Å²) < 4.78 is 28.6. The average Bonchev–Trinajstić information content (AvgIpc) is 2.54. The number of aryl methyl sites for hydroxylation is 1. The van der Waals surface area contributed by atoms with Crippen LogP contribution in [0, 0.1) is 5.92 Å². The minimum Gasteiger partial charge on any atom is -0.381 e. The van der Waals surface area contributed by atoms with Gasteiger partial charge < -0.3 is 15.8 Å². The summed E-state index contributed by atoms with van der Waals surface area (Å²) in [6.07, 6.45) is 2.01. The highest BCUT2D eigenvalue weighted by Crippen LogP contribution is 2.22. The topological polar surface area (TPSA) is 125 Å². The van der Waals surface area contributed by atoms with Crippen LogP contribution >= 0.6 is 0 Å². The van der Waals surface area contributed by atoms with Gasteiger partial charge in [0.1, 0.15) is 0 Å². The Labute approximate surface area is 136 Å². The van der Waals surface area contributed by atoms with Crippen LogP contribution in [0.2, 0.25) is 0 Å². The van der Waals surface area contributed by atoms with E-state index in [-0.39, 0.29) is 16.7 Å². The third-order valence-corrected chi connectivity index (χ3v) is 5.09. The first-order valence-corrected chi connectivity index (χ1v) is 9.17. The molecule has 0 spiro atoms. The average molecular weight is 341 g/mol. The van der Waals surface area contributed by atoms with Crippen LogP contribution in [0.5, 0.6) is 0 Å². The Morgan fingerprint density at radius 2 is 2.04 bits per heavy atom. The van der Waals surface area contributed by atoms with Crippen molar-refractivity contribution in [2.45, 2.75) is 37.1 Å². The maximum absolute atomic E-state index is 12.3. The third kappa shape index (κ3) is 4.51. The number of nitrogens with one attached hydrogen (secondary N) is 1. The molecule has 1 aromatic carbocycles. The molecule has 1 fully saturated rings. The van der Waals surface area contributed by atoms with Crippen molar-refractivity contribution in [1.82, 2.24) is 0 Å². The van der Waals surface area contributed by atoms with Gasteiger partial charge in [0.15, 0.2) is 0 Å². The van der Waals surface area contributed by atoms with Gasteiger partial charge in [-0.25, -0.2) is 13.6 Å². The fourth-order valence-electron chi connectivity index (χ4n) is 2.70. The highest BCUT2D eigenvalue weighted by molar-refractivity contribution is 7.89. The van der Waals surface area contributed by atoms with Crippen molar-refractivity contribution in [2.75, 3.05) is 18.5 Å². The fourth-order valence-corrected chi connectivity index (χ4v) is 3.57. The molecule has 1 amide bonds. The lowest BCUT2D eigenvalue weighted by atomic mass is 9.92. The number of amides is 1. The molecule has 0 bridgehead atoms. The monoisotopic (exact) mass is 341 g/mol. The van der Waals surface area contributed by atoms with E-state index in [1.165, 1.54) is 6.07 Å². The Bertz CT molecular complexity index is 669. The van der Waals surface area contributed by atoms with Gasteiger partial charge >= 0.3 is 0 Å². The Kier molecular flexibility index (Phi) is 5.74. The molecule has 7 nitrogen and oxygen atoms in total. The molecule has 1 aromatic rings. The molecule has 0 radical (unpaired) electrons. The summed E-state index contributed by atoms with van der Waals surface area (Å²) in [6, 6.07) is 4.03. The van der Waals surface area contributed by atoms with E-state index < -0.39 is 16.1 Å². The molecule has 8 heteroatoms. The normalized spacial score (nSPS) is 17.7. The molecule has 0 aliphatic carbocycles. The maximum Gasteiger partial charge on any atom is 0.241 e. The predicted molar refractivity (Wildman–Crippen MR) is 87.3 cm³/mol. The molecule has 1 heterocycles. The first kappa shape index (κ1) is 17.9. The van der Waals surface area contributed by atoms with Gasteiger partial charge in [-0.1, -0.05) is 13.0 Å². The van der Waals surface area contributed by atoms with Gasteiger partial charge in [0, 0.05) is 18.9 Å². The van der Waals surface area contributed by atoms with E-state index in [1.54, 1.807) is 12.1 Å². The van der Waals surface area contributed by atoms with E-state index >= 15 is 0 Å². The lowest BCUT2D eigenvalue weighted by Crippen LogP contribution is -2.44. The van der Waals surface area contributed by atoms with Crippen molar-refractivity contribution in [2.24, 2.45) is 16.8 Å². The highest BCUT2D eigenvalue weighted by atomic mass is 32.2. The molecule has 0 saturated carbocycles. The number of sulfonamides is 1. The van der Waals surface area contributed by atoms with Gasteiger partial charge in [0.05, 0.1) is 10.9 Å². The van der Waals surface area contributed by atoms with Gasteiger partial charge in [0.25, 0.3) is 0 Å². The summed E-state index contributed by atoms with van der Waals surface area (Å²) in [5, 5.41) is 7.91. The van der Waals surface area contributed by atoms with Crippen molar-refractivity contribution in [3.8, 4) is 0 Å². The van der Waals surface area contributed by atoms with E-state index in [4.69, 9.17) is 15.6 Å². The summed E-state index contributed by atoms with van der Waals surface area (Å²) in [7, 11) is -3.84. The number of ether oxygens (including phenoxy) is 1. The number of benzene rings is 1. The number of hydrogen-bond donors (Lipinski definition) is 3. The molecule has 23 heavy (non-hydrogen) atoms. The van der Waals surface area contributed by atoms with Crippen LogP contribution in [0.4, 0.5) is 5.69 Å². The van der Waals surface area contributed by atoms with Gasteiger partial charge in [-0.05, 0) is 42.9 Å². The smallest absolute Gasteiger partial charge is 0.241 e. The van der Waals surface area contributed by atoms with Crippen LogP contribution in [0.25, 0.3) is 0 Å². The van der Waals surface area contributed by atoms with Gasteiger partial charge in [-0.2, -0.15) is 0 Å². The molecular weight excluding hydrogens is 318 g/mol. The molecule has 1 atom stereocenters. The van der Waals surface area contributed by atoms with Crippen molar-refractivity contribution >= 4 is 21.6 Å². The van der Waals surface area contributed by atoms with Crippen molar-refractivity contribution in [3.05, 3.63) is 23.8 Å². The summed E-state index contributed by atoms with van der Waals surface area (Å²) >= 11 is 0. The zero-order valence-electron chi connectivity index (χ0n) is 13.1. The summed E-state index contributed by atoms with van der Waals surface area (Å²) in [5.41, 5.74) is 6.99. The number of hydrogen-bond acceptors (Lipinski definition) is 5. The van der Waals surface area contributed by atoms with E-state index in [9.17, 15) is 13.2 Å². The first-order valence-electron chi connectivity index (χ1n) is 7.63. The Hall–Kier alpha value is -1.48. The minimum atomic E-state index is -3.84. The van der Waals surface area contributed by atoms with Gasteiger partial charge in [-0.3, -0.25) is 4.79 Å². The van der Waals surface area contributed by atoms with Gasteiger partial charge in [-0.15, -0.1) is 0 Å². The van der Waals surface area contributed by atoms with Crippen LogP contribution < -0.4 is 16.2 Å². The Balaban J connectivity index is 2.14. The second-order valence-corrected chi connectivity index (χ2v) is 7.22. The molecule has 2 rings (SSSR count). The second kappa shape index (κ2) is 7.39. The number of anilines is 1. The van der Waals surface area contributed by atoms with E-state index in [1.807, 2.05) is 6.92 Å². The van der Waals surface area contributed by atoms with Crippen LogP contribution in [-0.2, 0) is 26.0 Å². The Morgan fingerprint density at radius 1 is 1.39 bits per heavy atom. The van der Waals surface area contributed by atoms with Crippen LogP contribution in [-0.4, -0.2) is 33.6 Å². The SMILES string of the molecule is CCc1ccc(NC(=O)C(N)C2CCOCC2)cc1S(N)(=O)=O. The number of carbonyl (C=O) groups is 1. The largest absolute Gasteiger partial charge is 0.381 e. The molecule has 1 aliphatic heterocycles. The summed E-state index contributed by atoms with van der Waals surface area (Å²) in [5.74, 6) is -0.266. The molecule has 5 N–H and O–H groups in total. The minimum absolute atomic E-state index is 0.0254. The second-order valence-electron chi connectivity index (χ2n) is 5.69. The third-order valence-electron chi connectivity index (χ3n) is 4.10. The van der Waals surface area contributed by atoms with Crippen LogP contribution in [0.3, 0.4) is 0 Å². The van der Waals surface area contributed by atoms with Gasteiger partial charge in [0.2, 0.25) is 15.9 Å². The standard InChI is InChI=1S/C15H23N3O4S/c1-2-10-3-4-12(9-13(10)23(17,20)21)18-15(19)14(16)11-5-7-22-8-6-11/h3-4,9,11,14H,2,5-8,16H2,1H3,(H,18,19)(H2,17,20,21). The molecular formula is C15H23N3O4S. The van der Waals surface area contributed by atoms with Crippen LogP contribution in [0.1, 0.15) is 25.3 Å².